The van der Waals surface area contributed by atoms with E-state index < -0.39 is 5.92 Å². The Morgan fingerprint density at radius 2 is 2.03 bits per heavy atom. The lowest BCUT2D eigenvalue weighted by Crippen LogP contribution is -2.40. The molecule has 33 heavy (non-hydrogen) atoms. The fraction of sp³-hybridized carbons (Fsp3) is 0.593. The molecular weight excluding hydrogens is 418 g/mol. The number of hydrogen-bond donors (Lipinski definition) is 2. The zero-order valence-electron chi connectivity index (χ0n) is 21.0. The normalized spacial score (nSPS) is 22.8. The summed E-state index contributed by atoms with van der Waals surface area (Å²) in [6.45, 7) is 13.1. The molecule has 6 heteroatoms. The van der Waals surface area contributed by atoms with Crippen LogP contribution in [0.2, 0.25) is 0 Å². The predicted octanol–water partition coefficient (Wildman–Crippen LogP) is 5.91. The van der Waals surface area contributed by atoms with E-state index in [1.807, 2.05) is 18.3 Å². The molecule has 1 saturated carbocycles. The van der Waals surface area contributed by atoms with Crippen LogP contribution in [0.25, 0.3) is 0 Å². The van der Waals surface area contributed by atoms with Gasteiger partial charge >= 0.3 is 0 Å². The van der Waals surface area contributed by atoms with Gasteiger partial charge in [0.25, 0.3) is 5.92 Å². The smallest absolute Gasteiger partial charge is 0.270 e. The molecule has 1 aliphatic carbocycles. The third-order valence-corrected chi connectivity index (χ3v) is 6.68. The van der Waals surface area contributed by atoms with Gasteiger partial charge in [-0.1, -0.05) is 38.6 Å². The van der Waals surface area contributed by atoms with Gasteiger partial charge in [-0.25, -0.2) is 8.78 Å². The molecule has 0 saturated heterocycles. The van der Waals surface area contributed by atoms with Gasteiger partial charge in [0.15, 0.2) is 0 Å². The van der Waals surface area contributed by atoms with Gasteiger partial charge in [0, 0.05) is 43.8 Å². The van der Waals surface area contributed by atoms with Crippen LogP contribution in [0.5, 0.6) is 0 Å². The van der Waals surface area contributed by atoms with E-state index in [4.69, 9.17) is 0 Å². The van der Waals surface area contributed by atoms with Crippen molar-refractivity contribution < 1.29 is 8.78 Å². The number of aliphatic imine (C=N–C) groups is 1. The molecule has 0 spiro atoms. The van der Waals surface area contributed by atoms with E-state index in [2.05, 4.69) is 47.4 Å². The van der Waals surface area contributed by atoms with E-state index in [9.17, 15) is 8.78 Å². The molecule has 3 unspecified atom stereocenters. The number of hydrogen-bond acceptors (Lipinski definition) is 4. The van der Waals surface area contributed by atoms with Gasteiger partial charge in [0.1, 0.15) is 0 Å². The SMILES string of the molecule is C=C(C1=CCC=N1)N(Cc1ccc(C)c(C(C)(F)F)c1)C1CCCC(NCC)CC1C.CN. The first-order chi connectivity index (χ1) is 15.7. The zero-order chi connectivity index (χ0) is 24.6. The van der Waals surface area contributed by atoms with Crippen LogP contribution in [0.1, 0.15) is 69.6 Å². The molecule has 3 N–H and O–H groups in total. The molecule has 184 valence electrons. The van der Waals surface area contributed by atoms with E-state index in [1.165, 1.54) is 13.5 Å². The number of allylic oxidation sites excluding steroid dienone is 1. The summed E-state index contributed by atoms with van der Waals surface area (Å²) < 4.78 is 28.3. The van der Waals surface area contributed by atoms with Crippen molar-refractivity contribution in [3.05, 3.63) is 58.9 Å². The quantitative estimate of drug-likeness (QED) is 0.474. The van der Waals surface area contributed by atoms with Crippen molar-refractivity contribution in [1.29, 1.82) is 0 Å². The van der Waals surface area contributed by atoms with Gasteiger partial charge in [-0.15, -0.1) is 0 Å². The maximum atomic E-state index is 14.2. The highest BCUT2D eigenvalue weighted by atomic mass is 19.3. The van der Waals surface area contributed by atoms with Crippen LogP contribution in [0, 0.1) is 12.8 Å². The largest absolute Gasteiger partial charge is 0.363 e. The standard InChI is InChI=1S/C26H37F2N3.CH5N/c1-6-29-22-9-7-11-25(19(3)15-22)31(20(4)24-10-8-14-30-24)17-21-13-12-18(2)23(16-21)26(5,27)28;1-2/h10,12-14,16,19,22,25,29H,4,6-9,11,15,17H2,1-3,5H3;2H2,1H3. The summed E-state index contributed by atoms with van der Waals surface area (Å²) >= 11 is 0. The summed E-state index contributed by atoms with van der Waals surface area (Å²) in [5, 5.41) is 3.62. The van der Waals surface area contributed by atoms with Gasteiger partial charge in [-0.3, -0.25) is 4.99 Å². The Labute approximate surface area is 199 Å². The fourth-order valence-corrected chi connectivity index (χ4v) is 5.08. The molecule has 3 rings (SSSR count). The van der Waals surface area contributed by atoms with Crippen LogP contribution in [-0.4, -0.2) is 36.8 Å². The topological polar surface area (TPSA) is 53.6 Å². The lowest BCUT2D eigenvalue weighted by atomic mass is 9.92. The average molecular weight is 461 g/mol. The molecular formula is C27H42F2N4. The minimum absolute atomic E-state index is 0.106. The highest BCUT2D eigenvalue weighted by Gasteiger charge is 2.32. The Kier molecular flexibility index (Phi) is 10.2. The Hall–Kier alpha value is -2.05. The van der Waals surface area contributed by atoms with E-state index in [1.54, 1.807) is 13.0 Å². The highest BCUT2D eigenvalue weighted by Crippen LogP contribution is 2.35. The number of nitrogens with zero attached hydrogens (tertiary/aromatic N) is 2. The Bertz CT molecular complexity index is 841. The summed E-state index contributed by atoms with van der Waals surface area (Å²) in [6, 6.07) is 6.30. The third-order valence-electron chi connectivity index (χ3n) is 6.68. The van der Waals surface area contributed by atoms with E-state index in [-0.39, 0.29) is 5.56 Å². The number of nitrogens with two attached hydrogens (primary N) is 1. The molecule has 0 radical (unpaired) electrons. The number of benzene rings is 1. The molecule has 1 aliphatic heterocycles. The van der Waals surface area contributed by atoms with Crippen molar-refractivity contribution in [2.75, 3.05) is 13.6 Å². The molecule has 1 heterocycles. The maximum absolute atomic E-state index is 14.2. The van der Waals surface area contributed by atoms with E-state index >= 15 is 0 Å². The number of halogens is 2. The Morgan fingerprint density at radius 1 is 1.30 bits per heavy atom. The summed E-state index contributed by atoms with van der Waals surface area (Å²) in [5.41, 5.74) is 7.94. The van der Waals surface area contributed by atoms with Crippen LogP contribution < -0.4 is 11.1 Å². The van der Waals surface area contributed by atoms with Crippen molar-refractivity contribution in [3.63, 3.8) is 0 Å². The minimum atomic E-state index is -2.85. The molecule has 0 aromatic heterocycles. The van der Waals surface area contributed by atoms with E-state index in [0.717, 1.165) is 56.1 Å². The fourth-order valence-electron chi connectivity index (χ4n) is 5.08. The maximum Gasteiger partial charge on any atom is 0.270 e. The second-order valence-electron chi connectivity index (χ2n) is 9.21. The number of aryl methyl sites for hydroxylation is 1. The third kappa shape index (κ3) is 7.21. The van der Waals surface area contributed by atoms with Crippen LogP contribution in [-0.2, 0) is 12.5 Å². The first-order valence-corrected chi connectivity index (χ1v) is 12.2. The van der Waals surface area contributed by atoms with Gasteiger partial charge in [0.05, 0.1) is 11.4 Å². The van der Waals surface area contributed by atoms with Gasteiger partial charge in [-0.2, -0.15) is 0 Å². The molecule has 1 aromatic rings. The minimum Gasteiger partial charge on any atom is -0.363 e. The Morgan fingerprint density at radius 3 is 2.64 bits per heavy atom. The summed E-state index contributed by atoms with van der Waals surface area (Å²) in [5.74, 6) is -2.39. The lowest BCUT2D eigenvalue weighted by Gasteiger charge is -2.38. The Balaban J connectivity index is 0.00000187. The summed E-state index contributed by atoms with van der Waals surface area (Å²) in [7, 11) is 1.50. The lowest BCUT2D eigenvalue weighted by molar-refractivity contribution is 0.0167. The van der Waals surface area contributed by atoms with Crippen molar-refractivity contribution >= 4 is 6.21 Å². The number of rotatable bonds is 8. The highest BCUT2D eigenvalue weighted by molar-refractivity contribution is 5.66. The summed E-state index contributed by atoms with van der Waals surface area (Å²) in [6.07, 6.45) is 9.31. The number of alkyl halides is 2. The molecule has 3 atom stereocenters. The van der Waals surface area contributed by atoms with Crippen molar-refractivity contribution in [2.45, 2.75) is 84.4 Å². The van der Waals surface area contributed by atoms with Crippen LogP contribution in [0.3, 0.4) is 0 Å². The van der Waals surface area contributed by atoms with Gasteiger partial charge in [-0.05, 0) is 69.3 Å². The van der Waals surface area contributed by atoms with E-state index in [0.29, 0.717) is 30.1 Å². The van der Waals surface area contributed by atoms with Gasteiger partial charge < -0.3 is 16.0 Å². The van der Waals surface area contributed by atoms with Crippen molar-refractivity contribution in [1.82, 2.24) is 10.2 Å². The molecule has 0 bridgehead atoms. The first-order valence-electron chi connectivity index (χ1n) is 12.2. The summed E-state index contributed by atoms with van der Waals surface area (Å²) in [4.78, 5) is 6.85. The molecule has 0 amide bonds. The zero-order valence-corrected chi connectivity index (χ0v) is 21.0. The van der Waals surface area contributed by atoms with Crippen LogP contribution >= 0.6 is 0 Å². The second-order valence-corrected chi connectivity index (χ2v) is 9.21. The first kappa shape index (κ1) is 27.2. The van der Waals surface area contributed by atoms with Gasteiger partial charge in [0.2, 0.25) is 0 Å². The molecule has 2 aliphatic rings. The second kappa shape index (κ2) is 12.4. The number of nitrogens with one attached hydrogen (secondary N) is 1. The monoisotopic (exact) mass is 460 g/mol. The predicted molar refractivity (Wildman–Crippen MR) is 136 cm³/mol. The van der Waals surface area contributed by atoms with Crippen molar-refractivity contribution in [2.24, 2.45) is 16.6 Å². The van der Waals surface area contributed by atoms with Crippen LogP contribution in [0.4, 0.5) is 8.78 Å². The molecule has 4 nitrogen and oxygen atoms in total. The molecule has 1 aromatic carbocycles. The van der Waals surface area contributed by atoms with Crippen LogP contribution in [0.15, 0.2) is 47.2 Å². The average Bonchev–Trinajstić information content (AvgIpc) is 3.25. The molecule has 1 fully saturated rings. The van der Waals surface area contributed by atoms with Crippen molar-refractivity contribution in [3.8, 4) is 0 Å².